The summed E-state index contributed by atoms with van der Waals surface area (Å²) in [5.41, 5.74) is 1.22. The van der Waals surface area contributed by atoms with Crippen molar-refractivity contribution in [3.8, 4) is 0 Å². The molecule has 1 aromatic heterocycles. The van der Waals surface area contributed by atoms with Crippen LogP contribution in [0, 0.1) is 13.8 Å². The lowest BCUT2D eigenvalue weighted by Crippen LogP contribution is -2.33. The van der Waals surface area contributed by atoms with Crippen LogP contribution in [0.2, 0.25) is 0 Å². The number of thiophene rings is 1. The number of aryl methyl sites for hydroxylation is 2. The Labute approximate surface area is 107 Å². The molecule has 2 rings (SSSR count). The first-order valence-corrected chi connectivity index (χ1v) is 7.36. The highest BCUT2D eigenvalue weighted by molar-refractivity contribution is 7.14. The number of amides is 1. The van der Waals surface area contributed by atoms with Gasteiger partial charge in [0, 0.05) is 10.9 Å². The van der Waals surface area contributed by atoms with E-state index in [2.05, 4.69) is 19.2 Å². The van der Waals surface area contributed by atoms with Crippen LogP contribution in [0.15, 0.2) is 6.07 Å². The van der Waals surface area contributed by atoms with E-state index in [1.165, 1.54) is 36.1 Å². The van der Waals surface area contributed by atoms with Crippen LogP contribution >= 0.6 is 11.3 Å². The van der Waals surface area contributed by atoms with Crippen LogP contribution in [-0.2, 0) is 0 Å². The summed E-state index contributed by atoms with van der Waals surface area (Å²) in [4.78, 5) is 14.2. The third kappa shape index (κ3) is 3.32. The third-order valence-electron chi connectivity index (χ3n) is 3.58. The number of carbonyl (C=O) groups is 1. The highest BCUT2D eigenvalue weighted by atomic mass is 32.1. The second-order valence-electron chi connectivity index (χ2n) is 5.01. The molecule has 1 aliphatic carbocycles. The summed E-state index contributed by atoms with van der Waals surface area (Å²) in [5, 5.41) is 3.19. The van der Waals surface area contributed by atoms with Crippen LogP contribution in [0.4, 0.5) is 0 Å². The SMILES string of the molecule is Cc1cc(C(=O)NC2CCCCCC2)sc1C. The van der Waals surface area contributed by atoms with E-state index in [1.807, 2.05) is 6.07 Å². The Bertz CT molecular complexity index is 369. The molecule has 0 aliphatic heterocycles. The Balaban J connectivity index is 1.95. The topological polar surface area (TPSA) is 29.1 Å². The fourth-order valence-electron chi connectivity index (χ4n) is 2.37. The molecule has 0 aromatic carbocycles. The fraction of sp³-hybridized carbons (Fsp3) is 0.643. The van der Waals surface area contributed by atoms with Crippen molar-refractivity contribution in [2.75, 3.05) is 0 Å². The number of carbonyl (C=O) groups excluding carboxylic acids is 1. The van der Waals surface area contributed by atoms with Crippen LogP contribution in [0.1, 0.15) is 58.6 Å². The monoisotopic (exact) mass is 251 g/mol. The first-order valence-electron chi connectivity index (χ1n) is 6.54. The number of nitrogens with one attached hydrogen (secondary N) is 1. The van der Waals surface area contributed by atoms with Crippen LogP contribution in [0.5, 0.6) is 0 Å². The van der Waals surface area contributed by atoms with E-state index in [1.54, 1.807) is 11.3 Å². The molecule has 17 heavy (non-hydrogen) atoms. The Kier molecular flexibility index (Phi) is 4.21. The smallest absolute Gasteiger partial charge is 0.261 e. The van der Waals surface area contributed by atoms with Crippen molar-refractivity contribution >= 4 is 17.2 Å². The van der Waals surface area contributed by atoms with Crippen LogP contribution < -0.4 is 5.32 Å². The van der Waals surface area contributed by atoms with Gasteiger partial charge in [0.05, 0.1) is 4.88 Å². The van der Waals surface area contributed by atoms with E-state index in [0.29, 0.717) is 6.04 Å². The van der Waals surface area contributed by atoms with E-state index < -0.39 is 0 Å². The van der Waals surface area contributed by atoms with Gasteiger partial charge in [0.2, 0.25) is 0 Å². The first kappa shape index (κ1) is 12.6. The van der Waals surface area contributed by atoms with Crippen molar-refractivity contribution in [2.24, 2.45) is 0 Å². The van der Waals surface area contributed by atoms with Gasteiger partial charge in [0.1, 0.15) is 0 Å². The predicted molar refractivity (Wildman–Crippen MR) is 72.7 cm³/mol. The quantitative estimate of drug-likeness (QED) is 0.795. The molecule has 1 heterocycles. The van der Waals surface area contributed by atoms with Gasteiger partial charge in [-0.3, -0.25) is 4.79 Å². The molecule has 94 valence electrons. The van der Waals surface area contributed by atoms with Crippen molar-refractivity contribution in [2.45, 2.75) is 58.4 Å². The van der Waals surface area contributed by atoms with Gasteiger partial charge >= 0.3 is 0 Å². The van der Waals surface area contributed by atoms with Gasteiger partial charge in [-0.1, -0.05) is 25.7 Å². The maximum Gasteiger partial charge on any atom is 0.261 e. The fourth-order valence-corrected chi connectivity index (χ4v) is 3.30. The van der Waals surface area contributed by atoms with E-state index in [0.717, 1.165) is 17.7 Å². The molecule has 1 aromatic rings. The summed E-state index contributed by atoms with van der Waals surface area (Å²) in [6, 6.07) is 2.40. The number of hydrogen-bond acceptors (Lipinski definition) is 2. The lowest BCUT2D eigenvalue weighted by Gasteiger charge is -2.15. The molecule has 3 heteroatoms. The lowest BCUT2D eigenvalue weighted by molar-refractivity contribution is 0.0937. The molecule has 0 unspecified atom stereocenters. The van der Waals surface area contributed by atoms with Gasteiger partial charge in [-0.15, -0.1) is 11.3 Å². The van der Waals surface area contributed by atoms with Gasteiger partial charge in [-0.2, -0.15) is 0 Å². The Hall–Kier alpha value is -0.830. The average molecular weight is 251 g/mol. The highest BCUT2D eigenvalue weighted by Gasteiger charge is 2.17. The van der Waals surface area contributed by atoms with Gasteiger partial charge in [0.25, 0.3) is 5.91 Å². The molecule has 1 amide bonds. The number of rotatable bonds is 2. The maximum absolute atomic E-state index is 12.1. The standard InChI is InChI=1S/C14H21NOS/c1-10-9-13(17-11(10)2)14(16)15-12-7-5-3-4-6-8-12/h9,12H,3-8H2,1-2H3,(H,15,16). The molecule has 0 spiro atoms. The van der Waals surface area contributed by atoms with E-state index in [9.17, 15) is 4.79 Å². The lowest BCUT2D eigenvalue weighted by atomic mass is 10.1. The van der Waals surface area contributed by atoms with Crippen molar-refractivity contribution in [1.82, 2.24) is 5.32 Å². The Morgan fingerprint density at radius 2 is 1.88 bits per heavy atom. The molecule has 1 aliphatic rings. The predicted octanol–water partition coefficient (Wildman–Crippen LogP) is 3.82. The molecule has 2 nitrogen and oxygen atoms in total. The summed E-state index contributed by atoms with van der Waals surface area (Å²) in [7, 11) is 0. The van der Waals surface area contributed by atoms with Crippen molar-refractivity contribution < 1.29 is 4.79 Å². The number of hydrogen-bond donors (Lipinski definition) is 1. The molecular formula is C14H21NOS. The largest absolute Gasteiger partial charge is 0.349 e. The van der Waals surface area contributed by atoms with Crippen molar-refractivity contribution in [1.29, 1.82) is 0 Å². The molecule has 1 fully saturated rings. The average Bonchev–Trinajstić information content (AvgIpc) is 2.54. The maximum atomic E-state index is 12.1. The summed E-state index contributed by atoms with van der Waals surface area (Å²) in [5.74, 6) is 0.123. The molecular weight excluding hydrogens is 230 g/mol. The molecule has 1 N–H and O–H groups in total. The first-order chi connectivity index (χ1) is 8.16. The van der Waals surface area contributed by atoms with Gasteiger partial charge in [-0.25, -0.2) is 0 Å². The second kappa shape index (κ2) is 5.67. The zero-order valence-electron chi connectivity index (χ0n) is 10.7. The zero-order valence-corrected chi connectivity index (χ0v) is 11.5. The van der Waals surface area contributed by atoms with E-state index in [4.69, 9.17) is 0 Å². The molecule has 0 radical (unpaired) electrons. The molecule has 0 atom stereocenters. The van der Waals surface area contributed by atoms with Crippen molar-refractivity contribution in [3.63, 3.8) is 0 Å². The van der Waals surface area contributed by atoms with Crippen LogP contribution in [-0.4, -0.2) is 11.9 Å². The van der Waals surface area contributed by atoms with Crippen LogP contribution in [0.3, 0.4) is 0 Å². The summed E-state index contributed by atoms with van der Waals surface area (Å²) in [6.07, 6.45) is 7.46. The van der Waals surface area contributed by atoms with Gasteiger partial charge in [-0.05, 0) is 38.3 Å². The Morgan fingerprint density at radius 3 is 2.41 bits per heavy atom. The summed E-state index contributed by atoms with van der Waals surface area (Å²) in [6.45, 7) is 4.14. The van der Waals surface area contributed by atoms with Gasteiger partial charge < -0.3 is 5.32 Å². The van der Waals surface area contributed by atoms with Crippen LogP contribution in [0.25, 0.3) is 0 Å². The third-order valence-corrected chi connectivity index (χ3v) is 4.73. The summed E-state index contributed by atoms with van der Waals surface area (Å²) < 4.78 is 0. The van der Waals surface area contributed by atoms with E-state index in [-0.39, 0.29) is 5.91 Å². The minimum absolute atomic E-state index is 0.123. The molecule has 1 saturated carbocycles. The Morgan fingerprint density at radius 1 is 1.24 bits per heavy atom. The second-order valence-corrected chi connectivity index (χ2v) is 6.27. The van der Waals surface area contributed by atoms with Crippen molar-refractivity contribution in [3.05, 3.63) is 21.4 Å². The molecule has 0 saturated heterocycles. The minimum atomic E-state index is 0.123. The normalized spacial score (nSPS) is 17.8. The van der Waals surface area contributed by atoms with Gasteiger partial charge in [0.15, 0.2) is 0 Å². The molecule has 0 bridgehead atoms. The minimum Gasteiger partial charge on any atom is -0.349 e. The van der Waals surface area contributed by atoms with E-state index >= 15 is 0 Å². The highest BCUT2D eigenvalue weighted by Crippen LogP contribution is 2.22. The summed E-state index contributed by atoms with van der Waals surface area (Å²) >= 11 is 1.60. The zero-order chi connectivity index (χ0) is 12.3.